The van der Waals surface area contributed by atoms with Crippen LogP contribution < -0.4 is 4.90 Å². The van der Waals surface area contributed by atoms with Crippen LogP contribution >= 0.6 is 0 Å². The fourth-order valence-corrected chi connectivity index (χ4v) is 2.67. The lowest BCUT2D eigenvalue weighted by Gasteiger charge is -2.18. The maximum absolute atomic E-state index is 12.4. The summed E-state index contributed by atoms with van der Waals surface area (Å²) in [6.07, 6.45) is 0. The average Bonchev–Trinajstić information content (AvgIpc) is 2.65. The van der Waals surface area contributed by atoms with E-state index in [0.29, 0.717) is 6.54 Å². The first-order valence-corrected chi connectivity index (χ1v) is 6.62. The highest BCUT2D eigenvalue weighted by Crippen LogP contribution is 2.38. The van der Waals surface area contributed by atoms with Crippen LogP contribution in [0.5, 0.6) is 0 Å². The Balaban J connectivity index is 1.99. The summed E-state index contributed by atoms with van der Waals surface area (Å²) in [7, 11) is 0. The maximum atomic E-state index is 12.4. The van der Waals surface area contributed by atoms with Crippen molar-refractivity contribution >= 4 is 11.6 Å². The first-order valence-electron chi connectivity index (χ1n) is 6.62. The van der Waals surface area contributed by atoms with Gasteiger partial charge in [0.15, 0.2) is 0 Å². The molecule has 0 saturated carbocycles. The highest BCUT2D eigenvalue weighted by Gasteiger charge is 2.33. The first-order chi connectivity index (χ1) is 9.16. The zero-order valence-corrected chi connectivity index (χ0v) is 11.3. The fourth-order valence-electron chi connectivity index (χ4n) is 2.67. The molecule has 1 amide bonds. The summed E-state index contributed by atoms with van der Waals surface area (Å²) in [5, 5.41) is 0. The second-order valence-electron chi connectivity index (χ2n) is 5.19. The number of carbonyl (C=O) groups is 1. The molecule has 96 valence electrons. The van der Waals surface area contributed by atoms with Crippen molar-refractivity contribution in [1.29, 1.82) is 0 Å². The molecule has 2 nitrogen and oxygen atoms in total. The van der Waals surface area contributed by atoms with Gasteiger partial charge in [-0.2, -0.15) is 0 Å². The largest absolute Gasteiger partial charge is 0.307 e. The van der Waals surface area contributed by atoms with Gasteiger partial charge >= 0.3 is 0 Å². The number of amides is 1. The topological polar surface area (TPSA) is 20.3 Å². The molecule has 2 aromatic rings. The van der Waals surface area contributed by atoms with Crippen LogP contribution in [0.1, 0.15) is 29.5 Å². The molecule has 2 aromatic carbocycles. The van der Waals surface area contributed by atoms with E-state index < -0.39 is 0 Å². The summed E-state index contributed by atoms with van der Waals surface area (Å²) in [5.41, 5.74) is 4.57. The minimum atomic E-state index is -0.0284. The molecule has 0 aromatic heterocycles. The van der Waals surface area contributed by atoms with Crippen LogP contribution in [0.25, 0.3) is 0 Å². The van der Waals surface area contributed by atoms with Crippen molar-refractivity contribution in [2.75, 3.05) is 4.90 Å². The van der Waals surface area contributed by atoms with Crippen molar-refractivity contribution in [3.63, 3.8) is 0 Å². The van der Waals surface area contributed by atoms with E-state index in [0.717, 1.165) is 16.8 Å². The summed E-state index contributed by atoms with van der Waals surface area (Å²) < 4.78 is 0. The molecule has 1 atom stereocenters. The minimum absolute atomic E-state index is 0.0284. The highest BCUT2D eigenvalue weighted by atomic mass is 16.2. The van der Waals surface area contributed by atoms with Crippen LogP contribution in [-0.2, 0) is 11.3 Å². The lowest BCUT2D eigenvalue weighted by Crippen LogP contribution is -2.27. The highest BCUT2D eigenvalue weighted by molar-refractivity contribution is 6.04. The number of hydrogen-bond acceptors (Lipinski definition) is 1. The molecule has 0 bridgehead atoms. The van der Waals surface area contributed by atoms with Gasteiger partial charge in [-0.25, -0.2) is 0 Å². The SMILES string of the molecule is Cc1ccc2c(c1)N(Cc1ccccc1)C(=O)C2C. The summed E-state index contributed by atoms with van der Waals surface area (Å²) >= 11 is 0. The molecule has 19 heavy (non-hydrogen) atoms. The predicted octanol–water partition coefficient (Wildman–Crippen LogP) is 3.65. The van der Waals surface area contributed by atoms with Crippen molar-refractivity contribution in [3.05, 3.63) is 65.2 Å². The normalized spacial score (nSPS) is 17.7. The molecular formula is C17H17NO. The van der Waals surface area contributed by atoms with E-state index in [1.54, 1.807) is 0 Å². The average molecular weight is 251 g/mol. The summed E-state index contributed by atoms with van der Waals surface area (Å²) in [4.78, 5) is 14.3. The molecule has 0 fully saturated rings. The zero-order chi connectivity index (χ0) is 13.4. The third-order valence-electron chi connectivity index (χ3n) is 3.76. The standard InChI is InChI=1S/C17H17NO/c1-12-8-9-15-13(2)17(19)18(16(15)10-12)11-14-6-4-3-5-7-14/h3-10,13H,11H2,1-2H3. The molecule has 0 aliphatic carbocycles. The molecular weight excluding hydrogens is 234 g/mol. The van der Waals surface area contributed by atoms with E-state index in [9.17, 15) is 4.79 Å². The Hall–Kier alpha value is -2.09. The van der Waals surface area contributed by atoms with Crippen molar-refractivity contribution in [2.45, 2.75) is 26.3 Å². The number of rotatable bonds is 2. The fraction of sp³-hybridized carbons (Fsp3) is 0.235. The van der Waals surface area contributed by atoms with E-state index in [1.165, 1.54) is 5.56 Å². The molecule has 0 spiro atoms. The minimum Gasteiger partial charge on any atom is -0.307 e. The lowest BCUT2D eigenvalue weighted by atomic mass is 10.0. The molecule has 1 unspecified atom stereocenters. The maximum Gasteiger partial charge on any atom is 0.234 e. The van der Waals surface area contributed by atoms with Crippen LogP contribution in [0.15, 0.2) is 48.5 Å². The van der Waals surface area contributed by atoms with Crippen molar-refractivity contribution < 1.29 is 4.79 Å². The van der Waals surface area contributed by atoms with E-state index in [4.69, 9.17) is 0 Å². The van der Waals surface area contributed by atoms with Crippen molar-refractivity contribution in [2.24, 2.45) is 0 Å². The van der Waals surface area contributed by atoms with Gasteiger partial charge in [-0.05, 0) is 36.6 Å². The van der Waals surface area contributed by atoms with Crippen molar-refractivity contribution in [3.8, 4) is 0 Å². The number of benzene rings is 2. The Morgan fingerprint density at radius 3 is 2.58 bits per heavy atom. The van der Waals surface area contributed by atoms with Gasteiger partial charge in [0.2, 0.25) is 5.91 Å². The quantitative estimate of drug-likeness (QED) is 0.798. The summed E-state index contributed by atoms with van der Waals surface area (Å²) in [5.74, 6) is 0.170. The monoisotopic (exact) mass is 251 g/mol. The number of anilines is 1. The van der Waals surface area contributed by atoms with Gasteiger partial charge in [0.25, 0.3) is 0 Å². The molecule has 2 heteroatoms. The first kappa shape index (κ1) is 12.0. The number of hydrogen-bond donors (Lipinski definition) is 0. The molecule has 0 radical (unpaired) electrons. The lowest BCUT2D eigenvalue weighted by molar-refractivity contribution is -0.119. The molecule has 1 aliphatic rings. The molecule has 1 aliphatic heterocycles. The zero-order valence-electron chi connectivity index (χ0n) is 11.3. The van der Waals surface area contributed by atoms with Gasteiger partial charge in [-0.3, -0.25) is 4.79 Å². The second-order valence-corrected chi connectivity index (χ2v) is 5.19. The van der Waals surface area contributed by atoms with Gasteiger partial charge in [-0.15, -0.1) is 0 Å². The summed E-state index contributed by atoms with van der Waals surface area (Å²) in [6, 6.07) is 16.4. The molecule has 3 rings (SSSR count). The van der Waals surface area contributed by atoms with Gasteiger partial charge in [-0.1, -0.05) is 42.5 Å². The Kier molecular flexibility index (Phi) is 2.86. The van der Waals surface area contributed by atoms with Gasteiger partial charge in [0.1, 0.15) is 0 Å². The van der Waals surface area contributed by atoms with E-state index in [1.807, 2.05) is 30.0 Å². The Labute approximate surface area is 113 Å². The Morgan fingerprint density at radius 2 is 1.84 bits per heavy atom. The van der Waals surface area contributed by atoms with Gasteiger partial charge < -0.3 is 4.90 Å². The molecule has 0 N–H and O–H groups in total. The van der Waals surface area contributed by atoms with E-state index >= 15 is 0 Å². The molecule has 0 saturated heterocycles. The van der Waals surface area contributed by atoms with Crippen LogP contribution in [0.4, 0.5) is 5.69 Å². The van der Waals surface area contributed by atoms with E-state index in [2.05, 4.69) is 37.3 Å². The summed E-state index contributed by atoms with van der Waals surface area (Å²) in [6.45, 7) is 4.70. The van der Waals surface area contributed by atoms with E-state index in [-0.39, 0.29) is 11.8 Å². The smallest absolute Gasteiger partial charge is 0.234 e. The predicted molar refractivity (Wildman–Crippen MR) is 77.2 cm³/mol. The number of aryl methyl sites for hydroxylation is 1. The van der Waals surface area contributed by atoms with Crippen LogP contribution in [-0.4, -0.2) is 5.91 Å². The Morgan fingerprint density at radius 1 is 1.11 bits per heavy atom. The van der Waals surface area contributed by atoms with Gasteiger partial charge in [0.05, 0.1) is 12.5 Å². The second kappa shape index (κ2) is 4.54. The third-order valence-corrected chi connectivity index (χ3v) is 3.76. The van der Waals surface area contributed by atoms with Crippen LogP contribution in [0.2, 0.25) is 0 Å². The third kappa shape index (κ3) is 2.03. The van der Waals surface area contributed by atoms with Gasteiger partial charge in [0, 0.05) is 5.69 Å². The number of fused-ring (bicyclic) bond motifs is 1. The number of nitrogens with zero attached hydrogens (tertiary/aromatic N) is 1. The van der Waals surface area contributed by atoms with Crippen LogP contribution in [0.3, 0.4) is 0 Å². The number of carbonyl (C=O) groups excluding carboxylic acids is 1. The Bertz CT molecular complexity index is 618. The molecule has 1 heterocycles. The van der Waals surface area contributed by atoms with Crippen LogP contribution in [0, 0.1) is 6.92 Å². The van der Waals surface area contributed by atoms with Crippen molar-refractivity contribution in [1.82, 2.24) is 0 Å².